The molecule has 0 radical (unpaired) electrons. The molecule has 1 unspecified atom stereocenters. The van der Waals surface area contributed by atoms with Crippen LogP contribution in [0.25, 0.3) is 0 Å². The molecule has 0 saturated carbocycles. The van der Waals surface area contributed by atoms with Gasteiger partial charge in [-0.05, 0) is 37.0 Å². The van der Waals surface area contributed by atoms with Crippen molar-refractivity contribution in [1.29, 1.82) is 0 Å². The lowest BCUT2D eigenvalue weighted by Gasteiger charge is -2.31. The summed E-state index contributed by atoms with van der Waals surface area (Å²) in [7, 11) is 0. The fraction of sp³-hybridized carbons (Fsp3) is 0.467. The molecule has 2 amide bonds. The number of nitrogens with one attached hydrogen (secondary N) is 1. The van der Waals surface area contributed by atoms with E-state index in [0.29, 0.717) is 16.5 Å². The van der Waals surface area contributed by atoms with Crippen LogP contribution in [0, 0.1) is 5.92 Å². The quantitative estimate of drug-likeness (QED) is 0.927. The van der Waals surface area contributed by atoms with Crippen molar-refractivity contribution in [1.82, 2.24) is 10.2 Å². The SMILES string of the molecule is CC1CCCN(C(=O)CNC(=O)c2ccc(Cl)cc2Cl)C1. The maximum atomic E-state index is 12.1. The topological polar surface area (TPSA) is 49.4 Å². The van der Waals surface area contributed by atoms with Gasteiger partial charge in [-0.25, -0.2) is 0 Å². The number of carbonyl (C=O) groups excluding carboxylic acids is 2. The minimum absolute atomic E-state index is 0.00942. The smallest absolute Gasteiger partial charge is 0.253 e. The largest absolute Gasteiger partial charge is 0.343 e. The zero-order valence-electron chi connectivity index (χ0n) is 11.9. The Balaban J connectivity index is 1.90. The Kier molecular flexibility index (Phi) is 5.48. The molecule has 114 valence electrons. The summed E-state index contributed by atoms with van der Waals surface area (Å²) in [6.07, 6.45) is 2.17. The molecule has 1 heterocycles. The third-order valence-corrected chi connectivity index (χ3v) is 4.13. The number of hydrogen-bond acceptors (Lipinski definition) is 2. The standard InChI is InChI=1S/C15H18Cl2N2O2/c1-10-3-2-6-19(9-10)14(20)8-18-15(21)12-5-4-11(16)7-13(12)17/h4-5,7,10H,2-3,6,8-9H2,1H3,(H,18,21). The van der Waals surface area contributed by atoms with Crippen LogP contribution in [-0.4, -0.2) is 36.3 Å². The van der Waals surface area contributed by atoms with Gasteiger partial charge in [0.25, 0.3) is 5.91 Å². The van der Waals surface area contributed by atoms with Gasteiger partial charge in [0.1, 0.15) is 0 Å². The minimum Gasteiger partial charge on any atom is -0.343 e. The van der Waals surface area contributed by atoms with Crippen molar-refractivity contribution in [2.45, 2.75) is 19.8 Å². The first-order valence-electron chi connectivity index (χ1n) is 6.98. The van der Waals surface area contributed by atoms with Crippen LogP contribution in [0.15, 0.2) is 18.2 Å². The lowest BCUT2D eigenvalue weighted by molar-refractivity contribution is -0.131. The number of benzene rings is 1. The zero-order valence-corrected chi connectivity index (χ0v) is 13.4. The molecule has 0 spiro atoms. The van der Waals surface area contributed by atoms with Crippen LogP contribution in [-0.2, 0) is 4.79 Å². The second-order valence-corrected chi connectivity index (χ2v) is 6.24. The van der Waals surface area contributed by atoms with Gasteiger partial charge in [0.05, 0.1) is 17.1 Å². The highest BCUT2D eigenvalue weighted by atomic mass is 35.5. The number of piperidine rings is 1. The van der Waals surface area contributed by atoms with Crippen molar-refractivity contribution in [3.05, 3.63) is 33.8 Å². The first kappa shape index (κ1) is 16.1. The van der Waals surface area contributed by atoms with E-state index in [0.717, 1.165) is 25.9 Å². The Labute approximate surface area is 134 Å². The van der Waals surface area contributed by atoms with Gasteiger partial charge in [-0.1, -0.05) is 30.1 Å². The molecule has 0 aliphatic carbocycles. The van der Waals surface area contributed by atoms with Crippen molar-refractivity contribution in [2.24, 2.45) is 5.92 Å². The molecular weight excluding hydrogens is 311 g/mol. The molecule has 1 atom stereocenters. The number of hydrogen-bond donors (Lipinski definition) is 1. The van der Waals surface area contributed by atoms with E-state index in [9.17, 15) is 9.59 Å². The third kappa shape index (κ3) is 4.35. The van der Waals surface area contributed by atoms with Crippen LogP contribution in [0.5, 0.6) is 0 Å². The predicted molar refractivity (Wildman–Crippen MR) is 83.8 cm³/mol. The summed E-state index contributed by atoms with van der Waals surface area (Å²) in [6, 6.07) is 4.65. The van der Waals surface area contributed by atoms with Gasteiger partial charge in [0, 0.05) is 18.1 Å². The Morgan fingerprint density at radius 2 is 2.14 bits per heavy atom. The Hall–Kier alpha value is -1.26. The van der Waals surface area contributed by atoms with Gasteiger partial charge in [0.15, 0.2) is 0 Å². The molecule has 6 heteroatoms. The monoisotopic (exact) mass is 328 g/mol. The molecule has 2 rings (SSSR count). The third-order valence-electron chi connectivity index (χ3n) is 3.59. The molecule has 1 aromatic carbocycles. The van der Waals surface area contributed by atoms with E-state index in [1.165, 1.54) is 6.07 Å². The molecule has 1 fully saturated rings. The van der Waals surface area contributed by atoms with Gasteiger partial charge in [-0.3, -0.25) is 9.59 Å². The van der Waals surface area contributed by atoms with E-state index in [1.54, 1.807) is 17.0 Å². The Morgan fingerprint density at radius 3 is 2.81 bits per heavy atom. The maximum Gasteiger partial charge on any atom is 0.253 e. The van der Waals surface area contributed by atoms with Gasteiger partial charge >= 0.3 is 0 Å². The maximum absolute atomic E-state index is 12.1. The van der Waals surface area contributed by atoms with Crippen molar-refractivity contribution in [2.75, 3.05) is 19.6 Å². The summed E-state index contributed by atoms with van der Waals surface area (Å²) < 4.78 is 0. The molecule has 4 nitrogen and oxygen atoms in total. The fourth-order valence-corrected chi connectivity index (χ4v) is 2.95. The molecule has 21 heavy (non-hydrogen) atoms. The second-order valence-electron chi connectivity index (χ2n) is 5.39. The molecule has 1 aromatic rings. The van der Waals surface area contributed by atoms with Gasteiger partial charge in [-0.15, -0.1) is 0 Å². The van der Waals surface area contributed by atoms with Gasteiger partial charge in [-0.2, -0.15) is 0 Å². The first-order chi connectivity index (χ1) is 9.97. The van der Waals surface area contributed by atoms with Crippen LogP contribution >= 0.6 is 23.2 Å². The van der Waals surface area contributed by atoms with Crippen molar-refractivity contribution >= 4 is 35.0 Å². The normalized spacial score (nSPS) is 18.4. The molecule has 1 aliphatic rings. The van der Waals surface area contributed by atoms with Crippen molar-refractivity contribution in [3.63, 3.8) is 0 Å². The lowest BCUT2D eigenvalue weighted by Crippen LogP contribution is -2.44. The summed E-state index contributed by atoms with van der Waals surface area (Å²) >= 11 is 11.8. The summed E-state index contributed by atoms with van der Waals surface area (Å²) in [5.41, 5.74) is 0.320. The van der Waals surface area contributed by atoms with Crippen LogP contribution < -0.4 is 5.32 Å². The molecule has 1 aliphatic heterocycles. The first-order valence-corrected chi connectivity index (χ1v) is 7.74. The van der Waals surface area contributed by atoms with E-state index in [-0.39, 0.29) is 23.4 Å². The highest BCUT2D eigenvalue weighted by Crippen LogP contribution is 2.20. The van der Waals surface area contributed by atoms with Gasteiger partial charge in [0.2, 0.25) is 5.91 Å². The highest BCUT2D eigenvalue weighted by Gasteiger charge is 2.21. The number of likely N-dealkylation sites (tertiary alicyclic amines) is 1. The molecule has 0 aromatic heterocycles. The average Bonchev–Trinajstić information content (AvgIpc) is 2.44. The van der Waals surface area contributed by atoms with Crippen LogP contribution in [0.3, 0.4) is 0 Å². The summed E-state index contributed by atoms with van der Waals surface area (Å²) in [5.74, 6) is 0.0965. The Morgan fingerprint density at radius 1 is 1.38 bits per heavy atom. The van der Waals surface area contributed by atoms with Gasteiger partial charge < -0.3 is 10.2 Å². The molecule has 1 N–H and O–H groups in total. The second kappa shape index (κ2) is 7.14. The molecule has 1 saturated heterocycles. The van der Waals surface area contributed by atoms with Crippen LogP contribution in [0.1, 0.15) is 30.1 Å². The molecular formula is C15H18Cl2N2O2. The Bertz CT molecular complexity index is 548. The number of halogens is 2. The lowest BCUT2D eigenvalue weighted by atomic mass is 10.0. The van der Waals surface area contributed by atoms with E-state index in [1.807, 2.05) is 0 Å². The number of nitrogens with zero attached hydrogens (tertiary/aromatic N) is 1. The number of carbonyl (C=O) groups is 2. The predicted octanol–water partition coefficient (Wildman–Crippen LogP) is 2.98. The summed E-state index contributed by atoms with van der Waals surface area (Å²) in [6.45, 7) is 3.65. The van der Waals surface area contributed by atoms with Crippen molar-refractivity contribution in [3.8, 4) is 0 Å². The highest BCUT2D eigenvalue weighted by molar-refractivity contribution is 6.36. The van der Waals surface area contributed by atoms with Crippen molar-refractivity contribution < 1.29 is 9.59 Å². The van der Waals surface area contributed by atoms with E-state index in [2.05, 4.69) is 12.2 Å². The number of amides is 2. The zero-order chi connectivity index (χ0) is 15.4. The number of rotatable bonds is 3. The summed E-state index contributed by atoms with van der Waals surface area (Å²) in [5, 5.41) is 3.36. The molecule has 0 bridgehead atoms. The van der Waals surface area contributed by atoms with Crippen LogP contribution in [0.4, 0.5) is 0 Å². The average molecular weight is 329 g/mol. The van der Waals surface area contributed by atoms with E-state index >= 15 is 0 Å². The fourth-order valence-electron chi connectivity index (χ4n) is 2.45. The minimum atomic E-state index is -0.366. The van der Waals surface area contributed by atoms with E-state index < -0.39 is 0 Å². The van der Waals surface area contributed by atoms with E-state index in [4.69, 9.17) is 23.2 Å². The van der Waals surface area contributed by atoms with Crippen LogP contribution in [0.2, 0.25) is 10.0 Å². The summed E-state index contributed by atoms with van der Waals surface area (Å²) in [4.78, 5) is 25.9.